The van der Waals surface area contributed by atoms with Gasteiger partial charge in [-0.25, -0.2) is 0 Å². The fourth-order valence-electron chi connectivity index (χ4n) is 2.44. The Balaban J connectivity index is 2.14. The van der Waals surface area contributed by atoms with Crippen molar-refractivity contribution in [3.63, 3.8) is 0 Å². The molecule has 1 atom stereocenters. The van der Waals surface area contributed by atoms with Crippen LogP contribution in [0.2, 0.25) is 5.02 Å². The lowest BCUT2D eigenvalue weighted by molar-refractivity contribution is 0.589. The van der Waals surface area contributed by atoms with Crippen LogP contribution in [0.25, 0.3) is 0 Å². The van der Waals surface area contributed by atoms with Crippen LogP contribution in [-0.4, -0.2) is 0 Å². The first-order valence-corrected chi connectivity index (χ1v) is 7.76. The maximum atomic E-state index is 6.32. The number of hydrogen-bond acceptors (Lipinski definition) is 1. The van der Waals surface area contributed by atoms with E-state index >= 15 is 0 Å². The molecule has 0 saturated carbocycles. The number of halogens is 1. The Labute approximate surface area is 133 Å². The molecule has 1 unspecified atom stereocenters. The molecule has 0 heterocycles. The van der Waals surface area contributed by atoms with Crippen LogP contribution in [0, 0.1) is 6.92 Å². The van der Waals surface area contributed by atoms with E-state index in [4.69, 9.17) is 17.3 Å². The summed E-state index contributed by atoms with van der Waals surface area (Å²) in [5.41, 5.74) is 11.3. The van der Waals surface area contributed by atoms with Gasteiger partial charge in [0.2, 0.25) is 0 Å². The van der Waals surface area contributed by atoms with Crippen LogP contribution in [0.3, 0.4) is 0 Å². The molecule has 2 heteroatoms. The Hall–Kier alpha value is -1.31. The Morgan fingerprint density at radius 3 is 2.19 bits per heavy atom. The summed E-state index contributed by atoms with van der Waals surface area (Å²) in [4.78, 5) is 0. The first-order valence-electron chi connectivity index (χ1n) is 7.38. The highest BCUT2D eigenvalue weighted by molar-refractivity contribution is 6.31. The standard InChI is InChI=1S/C19H24ClN/c1-13-5-10-16(17(20)11-13)18(21)12-14-6-8-15(9-7-14)19(2,3)4/h5-11,18H,12,21H2,1-4H3. The largest absolute Gasteiger partial charge is 0.324 e. The zero-order valence-corrected chi connectivity index (χ0v) is 14.0. The summed E-state index contributed by atoms with van der Waals surface area (Å²) >= 11 is 6.30. The molecule has 0 spiro atoms. The van der Waals surface area contributed by atoms with Gasteiger partial charge in [-0.1, -0.05) is 68.8 Å². The molecule has 112 valence electrons. The highest BCUT2D eigenvalue weighted by Crippen LogP contribution is 2.27. The normalized spacial score (nSPS) is 13.2. The molecule has 0 amide bonds. The molecule has 0 fully saturated rings. The summed E-state index contributed by atoms with van der Waals surface area (Å²) in [6.45, 7) is 8.70. The lowest BCUT2D eigenvalue weighted by Gasteiger charge is -2.20. The zero-order valence-electron chi connectivity index (χ0n) is 13.3. The van der Waals surface area contributed by atoms with Crippen molar-refractivity contribution in [3.05, 3.63) is 69.7 Å². The lowest BCUT2D eigenvalue weighted by atomic mass is 9.86. The number of aryl methyl sites for hydroxylation is 1. The van der Waals surface area contributed by atoms with Crippen molar-refractivity contribution in [1.29, 1.82) is 0 Å². The van der Waals surface area contributed by atoms with E-state index in [2.05, 4.69) is 51.1 Å². The molecule has 0 radical (unpaired) electrons. The van der Waals surface area contributed by atoms with Crippen molar-refractivity contribution >= 4 is 11.6 Å². The summed E-state index contributed by atoms with van der Waals surface area (Å²) in [5, 5.41) is 0.758. The van der Waals surface area contributed by atoms with Crippen molar-refractivity contribution in [2.75, 3.05) is 0 Å². The summed E-state index contributed by atoms with van der Waals surface area (Å²) in [7, 11) is 0. The predicted octanol–water partition coefficient (Wildman–Crippen LogP) is 5.19. The van der Waals surface area contributed by atoms with Crippen LogP contribution >= 0.6 is 11.6 Å². The van der Waals surface area contributed by atoms with E-state index in [0.29, 0.717) is 0 Å². The Morgan fingerprint density at radius 1 is 1.05 bits per heavy atom. The second kappa shape index (κ2) is 6.21. The van der Waals surface area contributed by atoms with E-state index in [0.717, 1.165) is 22.6 Å². The summed E-state index contributed by atoms with van der Waals surface area (Å²) < 4.78 is 0. The summed E-state index contributed by atoms with van der Waals surface area (Å²) in [6, 6.07) is 14.7. The van der Waals surface area contributed by atoms with Gasteiger partial charge < -0.3 is 5.73 Å². The molecule has 2 aromatic rings. The molecule has 0 bridgehead atoms. The van der Waals surface area contributed by atoms with E-state index in [9.17, 15) is 0 Å². The van der Waals surface area contributed by atoms with Crippen LogP contribution in [0.1, 0.15) is 49.1 Å². The van der Waals surface area contributed by atoms with Gasteiger partial charge in [0.05, 0.1) is 0 Å². The molecule has 2 aromatic carbocycles. The third kappa shape index (κ3) is 4.09. The van der Waals surface area contributed by atoms with Crippen molar-refractivity contribution in [1.82, 2.24) is 0 Å². The van der Waals surface area contributed by atoms with Crippen molar-refractivity contribution in [2.24, 2.45) is 5.73 Å². The predicted molar refractivity (Wildman–Crippen MR) is 92.0 cm³/mol. The highest BCUT2D eigenvalue weighted by Gasteiger charge is 2.14. The average Bonchev–Trinajstić information content (AvgIpc) is 2.38. The molecule has 0 aliphatic carbocycles. The van der Waals surface area contributed by atoms with Crippen molar-refractivity contribution < 1.29 is 0 Å². The van der Waals surface area contributed by atoms with Gasteiger partial charge in [0.1, 0.15) is 0 Å². The Kier molecular flexibility index (Phi) is 4.75. The van der Waals surface area contributed by atoms with Gasteiger partial charge in [-0.05, 0) is 47.1 Å². The third-order valence-corrected chi connectivity index (χ3v) is 4.16. The molecule has 2 N–H and O–H groups in total. The number of rotatable bonds is 3. The first-order chi connectivity index (χ1) is 9.77. The maximum absolute atomic E-state index is 6.32. The average molecular weight is 302 g/mol. The minimum absolute atomic E-state index is 0.0708. The second-order valence-electron chi connectivity index (χ2n) is 6.78. The lowest BCUT2D eigenvalue weighted by Crippen LogP contribution is -2.15. The maximum Gasteiger partial charge on any atom is 0.0456 e. The van der Waals surface area contributed by atoms with E-state index in [1.165, 1.54) is 11.1 Å². The second-order valence-corrected chi connectivity index (χ2v) is 7.19. The van der Waals surface area contributed by atoms with E-state index in [1.54, 1.807) is 0 Å². The molecule has 2 rings (SSSR count). The topological polar surface area (TPSA) is 26.0 Å². The SMILES string of the molecule is Cc1ccc(C(N)Cc2ccc(C(C)(C)C)cc2)c(Cl)c1. The number of hydrogen-bond donors (Lipinski definition) is 1. The Bertz CT molecular complexity index is 608. The van der Waals surface area contributed by atoms with Gasteiger partial charge in [-0.15, -0.1) is 0 Å². The van der Waals surface area contributed by atoms with E-state index < -0.39 is 0 Å². The van der Waals surface area contributed by atoms with E-state index in [1.807, 2.05) is 19.1 Å². The molecule has 0 saturated heterocycles. The smallest absolute Gasteiger partial charge is 0.0456 e. The van der Waals surface area contributed by atoms with Crippen LogP contribution < -0.4 is 5.73 Å². The van der Waals surface area contributed by atoms with Crippen molar-refractivity contribution in [2.45, 2.75) is 45.6 Å². The van der Waals surface area contributed by atoms with Crippen LogP contribution in [0.15, 0.2) is 42.5 Å². The van der Waals surface area contributed by atoms with Gasteiger partial charge in [-0.3, -0.25) is 0 Å². The third-order valence-electron chi connectivity index (χ3n) is 3.83. The number of nitrogens with two attached hydrogens (primary N) is 1. The fourth-order valence-corrected chi connectivity index (χ4v) is 2.81. The van der Waals surface area contributed by atoms with Crippen LogP contribution in [0.4, 0.5) is 0 Å². The van der Waals surface area contributed by atoms with E-state index in [-0.39, 0.29) is 11.5 Å². The quantitative estimate of drug-likeness (QED) is 0.829. The molecule has 0 aliphatic rings. The Morgan fingerprint density at radius 2 is 1.67 bits per heavy atom. The van der Waals surface area contributed by atoms with Gasteiger partial charge >= 0.3 is 0 Å². The zero-order chi connectivity index (χ0) is 15.6. The molecule has 21 heavy (non-hydrogen) atoms. The monoisotopic (exact) mass is 301 g/mol. The summed E-state index contributed by atoms with van der Waals surface area (Å²) in [6.07, 6.45) is 0.799. The number of benzene rings is 2. The minimum Gasteiger partial charge on any atom is -0.324 e. The fraction of sp³-hybridized carbons (Fsp3) is 0.368. The highest BCUT2D eigenvalue weighted by atomic mass is 35.5. The first kappa shape index (κ1) is 16.1. The van der Waals surface area contributed by atoms with Gasteiger partial charge in [0.15, 0.2) is 0 Å². The molecular formula is C19H24ClN. The van der Waals surface area contributed by atoms with Gasteiger partial charge in [0.25, 0.3) is 0 Å². The van der Waals surface area contributed by atoms with Crippen LogP contribution in [-0.2, 0) is 11.8 Å². The molecule has 0 aromatic heterocycles. The van der Waals surface area contributed by atoms with Gasteiger partial charge in [0, 0.05) is 11.1 Å². The van der Waals surface area contributed by atoms with Gasteiger partial charge in [-0.2, -0.15) is 0 Å². The summed E-state index contributed by atoms with van der Waals surface area (Å²) in [5.74, 6) is 0. The van der Waals surface area contributed by atoms with Crippen molar-refractivity contribution in [3.8, 4) is 0 Å². The molecule has 1 nitrogen and oxygen atoms in total. The molecule has 0 aliphatic heterocycles. The minimum atomic E-state index is -0.0708. The molecular weight excluding hydrogens is 278 g/mol. The van der Waals surface area contributed by atoms with Crippen LogP contribution in [0.5, 0.6) is 0 Å².